The Morgan fingerprint density at radius 1 is 1.36 bits per heavy atom. The van der Waals surface area contributed by atoms with Crippen molar-refractivity contribution < 1.29 is 4.52 Å². The van der Waals surface area contributed by atoms with Gasteiger partial charge in [0.05, 0.1) is 18.4 Å². The van der Waals surface area contributed by atoms with Crippen LogP contribution in [0.4, 0.5) is 5.82 Å². The van der Waals surface area contributed by atoms with Gasteiger partial charge in [-0.2, -0.15) is 4.98 Å². The molecule has 0 aromatic carbocycles. The van der Waals surface area contributed by atoms with Gasteiger partial charge < -0.3 is 20.1 Å². The quantitative estimate of drug-likeness (QED) is 0.722. The molecule has 0 saturated heterocycles. The highest BCUT2D eigenvalue weighted by Crippen LogP contribution is 2.36. The van der Waals surface area contributed by atoms with Crippen LogP contribution >= 0.6 is 0 Å². The zero-order valence-corrected chi connectivity index (χ0v) is 12.2. The molecule has 3 heterocycles. The Hall–Kier alpha value is -2.55. The molecule has 4 rings (SSSR count). The molecule has 1 aliphatic rings. The molecule has 0 aliphatic heterocycles. The summed E-state index contributed by atoms with van der Waals surface area (Å²) < 4.78 is 5.32. The molecule has 114 valence electrons. The van der Waals surface area contributed by atoms with Gasteiger partial charge in [0.1, 0.15) is 11.8 Å². The van der Waals surface area contributed by atoms with E-state index in [1.807, 2.05) is 11.9 Å². The van der Waals surface area contributed by atoms with E-state index < -0.39 is 5.54 Å². The molecule has 22 heavy (non-hydrogen) atoms. The van der Waals surface area contributed by atoms with Crippen molar-refractivity contribution in [3.63, 3.8) is 0 Å². The van der Waals surface area contributed by atoms with Crippen LogP contribution in [0.25, 0.3) is 11.2 Å². The topological polar surface area (TPSA) is 123 Å². The summed E-state index contributed by atoms with van der Waals surface area (Å²) in [4.78, 5) is 21.9. The van der Waals surface area contributed by atoms with Gasteiger partial charge in [-0.25, -0.2) is 15.0 Å². The minimum Gasteiger partial charge on any atom is -0.348 e. The number of hydrogen-bond donors (Lipinski definition) is 2. The molecule has 9 heteroatoms. The fourth-order valence-electron chi connectivity index (χ4n) is 2.62. The lowest BCUT2D eigenvalue weighted by molar-refractivity contribution is 0.229. The lowest BCUT2D eigenvalue weighted by Crippen LogP contribution is -2.44. The summed E-state index contributed by atoms with van der Waals surface area (Å²) in [6, 6.07) is 0. The van der Waals surface area contributed by atoms with Crippen LogP contribution in [0, 0.1) is 0 Å². The standard InChI is InChI=1S/C13H16N8O/c1-21(11-9-10(16-6-15-9)17-7-18-11)5-8-19-12(20-22-8)13(14)3-2-4-13/h6-7H,2-5,14H2,1H3,(H,15,16,17,18). The first kappa shape index (κ1) is 13.1. The van der Waals surface area contributed by atoms with Gasteiger partial charge >= 0.3 is 0 Å². The molecule has 0 amide bonds. The second-order valence-corrected chi connectivity index (χ2v) is 5.68. The number of nitrogens with one attached hydrogen (secondary N) is 1. The van der Waals surface area contributed by atoms with Crippen molar-refractivity contribution in [2.75, 3.05) is 11.9 Å². The minimum absolute atomic E-state index is 0.411. The second kappa shape index (κ2) is 4.73. The van der Waals surface area contributed by atoms with E-state index in [1.165, 1.54) is 6.33 Å². The summed E-state index contributed by atoms with van der Waals surface area (Å²) in [6.45, 7) is 0.439. The highest BCUT2D eigenvalue weighted by atomic mass is 16.5. The minimum atomic E-state index is -0.411. The van der Waals surface area contributed by atoms with Gasteiger partial charge in [-0.3, -0.25) is 0 Å². The molecular weight excluding hydrogens is 284 g/mol. The Labute approximate surface area is 126 Å². The van der Waals surface area contributed by atoms with E-state index in [-0.39, 0.29) is 0 Å². The summed E-state index contributed by atoms with van der Waals surface area (Å²) in [7, 11) is 1.90. The van der Waals surface area contributed by atoms with Crippen molar-refractivity contribution in [3.05, 3.63) is 24.4 Å². The summed E-state index contributed by atoms with van der Waals surface area (Å²) in [5, 5.41) is 4.02. The van der Waals surface area contributed by atoms with Crippen LogP contribution in [0.2, 0.25) is 0 Å². The van der Waals surface area contributed by atoms with Crippen LogP contribution in [0.15, 0.2) is 17.2 Å². The first-order valence-corrected chi connectivity index (χ1v) is 7.13. The lowest BCUT2D eigenvalue weighted by atomic mass is 9.77. The van der Waals surface area contributed by atoms with Gasteiger partial charge in [-0.15, -0.1) is 0 Å². The lowest BCUT2D eigenvalue weighted by Gasteiger charge is -2.34. The smallest absolute Gasteiger partial charge is 0.246 e. The Morgan fingerprint density at radius 2 is 2.23 bits per heavy atom. The van der Waals surface area contributed by atoms with Crippen molar-refractivity contribution >= 4 is 17.0 Å². The molecule has 0 spiro atoms. The van der Waals surface area contributed by atoms with Crippen LogP contribution in [-0.4, -0.2) is 37.1 Å². The maximum atomic E-state index is 6.21. The molecule has 1 saturated carbocycles. The Balaban J connectivity index is 1.57. The highest BCUT2D eigenvalue weighted by Gasteiger charge is 2.39. The first-order valence-electron chi connectivity index (χ1n) is 7.13. The highest BCUT2D eigenvalue weighted by molar-refractivity contribution is 5.82. The number of nitrogens with two attached hydrogens (primary N) is 1. The molecule has 0 atom stereocenters. The number of imidazole rings is 1. The predicted octanol–water partition coefficient (Wildman–Crippen LogP) is 0.710. The van der Waals surface area contributed by atoms with E-state index in [9.17, 15) is 0 Å². The summed E-state index contributed by atoms with van der Waals surface area (Å²) in [5.41, 5.74) is 7.20. The van der Waals surface area contributed by atoms with Crippen molar-refractivity contribution in [2.45, 2.75) is 31.3 Å². The monoisotopic (exact) mass is 300 g/mol. The number of fused-ring (bicyclic) bond motifs is 1. The van der Waals surface area contributed by atoms with Crippen molar-refractivity contribution in [1.29, 1.82) is 0 Å². The van der Waals surface area contributed by atoms with Gasteiger partial charge in [0, 0.05) is 7.05 Å². The SMILES string of the molecule is CN(Cc1nc(C2(N)CCC2)no1)c1ncnc2nc[nH]c12. The van der Waals surface area contributed by atoms with E-state index in [2.05, 4.69) is 30.1 Å². The third-order valence-corrected chi connectivity index (χ3v) is 4.10. The number of anilines is 1. The number of hydrogen-bond acceptors (Lipinski definition) is 8. The average Bonchev–Trinajstić information content (AvgIpc) is 3.12. The third kappa shape index (κ3) is 2.01. The first-order chi connectivity index (χ1) is 10.7. The van der Waals surface area contributed by atoms with Crippen LogP contribution in [0.3, 0.4) is 0 Å². The molecule has 1 fully saturated rings. The third-order valence-electron chi connectivity index (χ3n) is 4.10. The van der Waals surface area contributed by atoms with Crippen LogP contribution in [0.1, 0.15) is 31.0 Å². The predicted molar refractivity (Wildman–Crippen MR) is 77.8 cm³/mol. The maximum absolute atomic E-state index is 6.21. The van der Waals surface area contributed by atoms with Crippen LogP contribution in [-0.2, 0) is 12.1 Å². The number of rotatable bonds is 4. The summed E-state index contributed by atoms with van der Waals surface area (Å²) >= 11 is 0. The molecule has 3 aromatic rings. The van der Waals surface area contributed by atoms with E-state index in [0.29, 0.717) is 23.9 Å². The molecule has 9 nitrogen and oxygen atoms in total. The molecule has 0 bridgehead atoms. The van der Waals surface area contributed by atoms with Crippen LogP contribution in [0.5, 0.6) is 0 Å². The fourth-order valence-corrected chi connectivity index (χ4v) is 2.62. The van der Waals surface area contributed by atoms with Gasteiger partial charge in [0.25, 0.3) is 0 Å². The van der Waals surface area contributed by atoms with Crippen molar-refractivity contribution in [2.24, 2.45) is 5.73 Å². The number of nitrogens with zero attached hydrogens (tertiary/aromatic N) is 6. The summed E-state index contributed by atoms with van der Waals surface area (Å²) in [5.74, 6) is 1.84. The molecular formula is C13H16N8O. The van der Waals surface area contributed by atoms with E-state index in [4.69, 9.17) is 10.3 Å². The fraction of sp³-hybridized carbons (Fsp3) is 0.462. The van der Waals surface area contributed by atoms with Gasteiger partial charge in [-0.05, 0) is 19.3 Å². The van der Waals surface area contributed by atoms with Gasteiger partial charge in [0.15, 0.2) is 17.3 Å². The van der Waals surface area contributed by atoms with E-state index in [1.54, 1.807) is 6.33 Å². The zero-order valence-electron chi connectivity index (χ0n) is 12.2. The number of aromatic amines is 1. The Kier molecular flexibility index (Phi) is 2.83. The molecule has 0 unspecified atom stereocenters. The number of aromatic nitrogens is 6. The normalized spacial score (nSPS) is 16.6. The molecule has 0 radical (unpaired) electrons. The zero-order chi connectivity index (χ0) is 15.2. The Bertz CT molecular complexity index is 805. The Morgan fingerprint density at radius 3 is 3.00 bits per heavy atom. The van der Waals surface area contributed by atoms with E-state index >= 15 is 0 Å². The van der Waals surface area contributed by atoms with Crippen molar-refractivity contribution in [1.82, 2.24) is 30.1 Å². The molecule has 3 aromatic heterocycles. The van der Waals surface area contributed by atoms with Gasteiger partial charge in [-0.1, -0.05) is 5.16 Å². The number of H-pyrrole nitrogens is 1. The second-order valence-electron chi connectivity index (χ2n) is 5.68. The van der Waals surface area contributed by atoms with E-state index in [0.717, 1.165) is 30.6 Å². The summed E-state index contributed by atoms with van der Waals surface area (Å²) in [6.07, 6.45) is 6.00. The average molecular weight is 300 g/mol. The van der Waals surface area contributed by atoms with Gasteiger partial charge in [0.2, 0.25) is 5.89 Å². The molecule has 1 aliphatic carbocycles. The maximum Gasteiger partial charge on any atom is 0.246 e. The van der Waals surface area contributed by atoms with Crippen molar-refractivity contribution in [3.8, 4) is 0 Å². The van der Waals surface area contributed by atoms with Crippen LogP contribution < -0.4 is 10.6 Å². The largest absolute Gasteiger partial charge is 0.348 e. The molecule has 3 N–H and O–H groups in total.